The molecule has 2 aromatic carbocycles. The molecule has 1 aliphatic rings. The number of esters is 1. The van der Waals surface area contributed by atoms with Gasteiger partial charge in [-0.05, 0) is 50.2 Å². The van der Waals surface area contributed by atoms with Crippen molar-refractivity contribution in [1.82, 2.24) is 4.90 Å². The Morgan fingerprint density at radius 3 is 1.86 bits per heavy atom. The monoisotopic (exact) mass is 432 g/mol. The Balaban J connectivity index is 1.97. The first-order valence-corrected chi connectivity index (χ1v) is 10.7. The summed E-state index contributed by atoms with van der Waals surface area (Å²) in [6.07, 6.45) is 4.78. The van der Waals surface area contributed by atoms with Crippen LogP contribution in [0.25, 0.3) is 0 Å². The Bertz CT molecular complexity index is 779. The Morgan fingerprint density at radius 2 is 1.41 bits per heavy atom. The molecule has 0 radical (unpaired) electrons. The molecule has 4 nitrogen and oxygen atoms in total. The van der Waals surface area contributed by atoms with E-state index in [1.807, 2.05) is 48.5 Å². The minimum atomic E-state index is -0.598. The second-order valence-electron chi connectivity index (χ2n) is 7.25. The van der Waals surface area contributed by atoms with E-state index in [0.717, 1.165) is 42.8 Å². The van der Waals surface area contributed by atoms with Crippen molar-refractivity contribution in [2.75, 3.05) is 26.7 Å². The maximum absolute atomic E-state index is 12.6. The van der Waals surface area contributed by atoms with E-state index in [2.05, 4.69) is 4.90 Å². The molecular formula is C23H26Cl2N2O2. The van der Waals surface area contributed by atoms with Crippen molar-refractivity contribution < 1.29 is 9.53 Å². The largest absolute Gasteiger partial charge is 0.467 e. The van der Waals surface area contributed by atoms with Crippen molar-refractivity contribution in [1.29, 1.82) is 0 Å². The molecular weight excluding hydrogens is 407 g/mol. The molecule has 1 unspecified atom stereocenters. The normalized spacial score (nSPS) is 16.0. The van der Waals surface area contributed by atoms with Crippen LogP contribution in [0.5, 0.6) is 0 Å². The lowest BCUT2D eigenvalue weighted by molar-refractivity contribution is -0.142. The molecule has 0 amide bonds. The molecule has 0 aliphatic carbocycles. The summed E-state index contributed by atoms with van der Waals surface area (Å²) in [6, 6.07) is 14.3. The van der Waals surface area contributed by atoms with Gasteiger partial charge in [-0.2, -0.15) is 0 Å². The molecule has 3 rings (SSSR count). The molecule has 154 valence electrons. The van der Waals surface area contributed by atoms with Gasteiger partial charge in [-0.3, -0.25) is 4.99 Å². The van der Waals surface area contributed by atoms with E-state index in [1.54, 1.807) is 0 Å². The first-order valence-electron chi connectivity index (χ1n) is 9.96. The number of hydrogen-bond donors (Lipinski definition) is 0. The van der Waals surface area contributed by atoms with Crippen LogP contribution in [0.1, 0.15) is 36.8 Å². The van der Waals surface area contributed by atoms with Crippen molar-refractivity contribution in [2.45, 2.75) is 31.7 Å². The van der Waals surface area contributed by atoms with Crippen molar-refractivity contribution in [3.8, 4) is 0 Å². The number of benzene rings is 2. The maximum atomic E-state index is 12.6. The average Bonchev–Trinajstić information content (AvgIpc) is 3.01. The van der Waals surface area contributed by atoms with Crippen LogP contribution in [0.3, 0.4) is 0 Å². The molecule has 1 atom stereocenters. The number of halogens is 2. The zero-order chi connectivity index (χ0) is 20.6. The summed E-state index contributed by atoms with van der Waals surface area (Å²) in [7, 11) is 1.41. The lowest BCUT2D eigenvalue weighted by Crippen LogP contribution is -2.38. The molecule has 1 heterocycles. The van der Waals surface area contributed by atoms with Crippen LogP contribution in [0.15, 0.2) is 53.5 Å². The molecule has 0 N–H and O–H groups in total. The van der Waals surface area contributed by atoms with E-state index in [1.165, 1.54) is 20.0 Å². The molecule has 0 saturated carbocycles. The molecule has 0 spiro atoms. The second-order valence-corrected chi connectivity index (χ2v) is 8.12. The van der Waals surface area contributed by atoms with E-state index in [4.69, 9.17) is 32.9 Å². The van der Waals surface area contributed by atoms with Gasteiger partial charge in [-0.1, -0.05) is 60.3 Å². The predicted octanol–water partition coefficient (Wildman–Crippen LogP) is 5.25. The first-order chi connectivity index (χ1) is 14.1. The van der Waals surface area contributed by atoms with Crippen LogP contribution in [0.2, 0.25) is 10.0 Å². The number of ether oxygens (including phenoxy) is 1. The number of aliphatic imine (C=N–C) groups is 1. The van der Waals surface area contributed by atoms with Gasteiger partial charge in [-0.15, -0.1) is 0 Å². The molecule has 1 fully saturated rings. The number of nitrogens with zero attached hydrogens (tertiary/aromatic N) is 2. The van der Waals surface area contributed by atoms with Crippen LogP contribution in [0.4, 0.5) is 0 Å². The van der Waals surface area contributed by atoms with E-state index >= 15 is 0 Å². The highest BCUT2D eigenvalue weighted by atomic mass is 35.5. The summed E-state index contributed by atoms with van der Waals surface area (Å²) >= 11 is 12.1. The molecule has 2 aromatic rings. The third-order valence-electron chi connectivity index (χ3n) is 5.12. The van der Waals surface area contributed by atoms with E-state index < -0.39 is 6.04 Å². The summed E-state index contributed by atoms with van der Waals surface area (Å²) in [6.45, 7) is 2.53. The smallest absolute Gasteiger partial charge is 0.331 e. The molecule has 6 heteroatoms. The molecule has 0 bridgehead atoms. The van der Waals surface area contributed by atoms with Gasteiger partial charge >= 0.3 is 5.97 Å². The summed E-state index contributed by atoms with van der Waals surface area (Å²) in [5, 5.41) is 1.30. The maximum Gasteiger partial charge on any atom is 0.331 e. The minimum absolute atomic E-state index is 0.324. The van der Waals surface area contributed by atoms with Crippen molar-refractivity contribution in [3.05, 3.63) is 69.7 Å². The highest BCUT2D eigenvalue weighted by Gasteiger charge is 2.24. The lowest BCUT2D eigenvalue weighted by atomic mass is 10.0. The van der Waals surface area contributed by atoms with Crippen LogP contribution in [-0.4, -0.2) is 49.4 Å². The van der Waals surface area contributed by atoms with Crippen LogP contribution < -0.4 is 0 Å². The lowest BCUT2D eigenvalue weighted by Gasteiger charge is -2.23. The average molecular weight is 433 g/mol. The number of methoxy groups -OCH3 is 1. The fourth-order valence-corrected chi connectivity index (χ4v) is 3.81. The highest BCUT2D eigenvalue weighted by Crippen LogP contribution is 2.19. The van der Waals surface area contributed by atoms with E-state index in [9.17, 15) is 4.79 Å². The van der Waals surface area contributed by atoms with Gasteiger partial charge in [0, 0.05) is 27.7 Å². The first kappa shape index (κ1) is 21.8. The molecule has 29 heavy (non-hydrogen) atoms. The van der Waals surface area contributed by atoms with Gasteiger partial charge in [0.25, 0.3) is 0 Å². The fraction of sp³-hybridized carbons (Fsp3) is 0.391. The zero-order valence-corrected chi connectivity index (χ0v) is 18.1. The predicted molar refractivity (Wildman–Crippen MR) is 119 cm³/mol. The van der Waals surface area contributed by atoms with Gasteiger partial charge in [0.15, 0.2) is 6.04 Å². The van der Waals surface area contributed by atoms with Crippen LogP contribution >= 0.6 is 23.2 Å². The Morgan fingerprint density at radius 1 is 0.931 bits per heavy atom. The number of carbonyl (C=O) groups is 1. The second kappa shape index (κ2) is 10.8. The minimum Gasteiger partial charge on any atom is -0.467 e. The molecule has 0 aromatic heterocycles. The summed E-state index contributed by atoms with van der Waals surface area (Å²) < 4.78 is 5.08. The number of carbonyl (C=O) groups excluding carboxylic acids is 1. The third kappa shape index (κ3) is 6.30. The topological polar surface area (TPSA) is 41.9 Å². The quantitative estimate of drug-likeness (QED) is 0.462. The van der Waals surface area contributed by atoms with Gasteiger partial charge in [0.2, 0.25) is 0 Å². The highest BCUT2D eigenvalue weighted by molar-refractivity contribution is 6.31. The standard InChI is InChI=1S/C23H26Cl2N2O2/c1-29-23(28)21(16-27-14-4-2-3-5-15-27)26-22(17-6-10-19(24)11-7-17)18-8-12-20(25)13-9-18/h6-13,21H,2-5,14-16H2,1H3. The Hall–Kier alpha value is -1.88. The van der Waals surface area contributed by atoms with Crippen LogP contribution in [-0.2, 0) is 9.53 Å². The van der Waals surface area contributed by atoms with Crippen molar-refractivity contribution >= 4 is 34.9 Å². The SMILES string of the molecule is COC(=O)C(CN1CCCCCC1)N=C(c1ccc(Cl)cc1)c1ccc(Cl)cc1. The Kier molecular flexibility index (Phi) is 8.10. The van der Waals surface area contributed by atoms with Crippen molar-refractivity contribution in [2.24, 2.45) is 4.99 Å². The summed E-state index contributed by atoms with van der Waals surface area (Å²) in [5.74, 6) is -0.324. The number of rotatable bonds is 6. The van der Waals surface area contributed by atoms with Gasteiger partial charge in [-0.25, -0.2) is 4.79 Å². The van der Waals surface area contributed by atoms with E-state index in [0.29, 0.717) is 16.6 Å². The summed E-state index contributed by atoms with van der Waals surface area (Å²) in [4.78, 5) is 19.8. The zero-order valence-electron chi connectivity index (χ0n) is 16.6. The van der Waals surface area contributed by atoms with Gasteiger partial charge < -0.3 is 9.64 Å². The van der Waals surface area contributed by atoms with Crippen molar-refractivity contribution in [3.63, 3.8) is 0 Å². The number of likely N-dealkylation sites (tertiary alicyclic amines) is 1. The van der Waals surface area contributed by atoms with Crippen LogP contribution in [0, 0.1) is 0 Å². The van der Waals surface area contributed by atoms with Gasteiger partial charge in [0.1, 0.15) is 0 Å². The third-order valence-corrected chi connectivity index (χ3v) is 5.63. The molecule has 1 saturated heterocycles. The summed E-state index contributed by atoms with van der Waals surface area (Å²) in [5.41, 5.74) is 2.51. The van der Waals surface area contributed by atoms with E-state index in [-0.39, 0.29) is 5.97 Å². The Labute approximate surface area is 182 Å². The molecule has 1 aliphatic heterocycles. The number of hydrogen-bond acceptors (Lipinski definition) is 4. The fourth-order valence-electron chi connectivity index (χ4n) is 3.55. The van der Waals surface area contributed by atoms with Gasteiger partial charge in [0.05, 0.1) is 12.8 Å².